The predicted molar refractivity (Wildman–Crippen MR) is 178 cm³/mol. The van der Waals surface area contributed by atoms with Gasteiger partial charge in [-0.15, -0.1) is 6.42 Å². The summed E-state index contributed by atoms with van der Waals surface area (Å²) >= 11 is 0. The summed E-state index contributed by atoms with van der Waals surface area (Å²) < 4.78 is 32.2. The lowest BCUT2D eigenvalue weighted by Gasteiger charge is -2.39. The van der Waals surface area contributed by atoms with Gasteiger partial charge in [0.1, 0.15) is 22.8 Å². The first kappa shape index (κ1) is 30.3. The van der Waals surface area contributed by atoms with Crippen molar-refractivity contribution in [2.45, 2.75) is 63.1 Å². The molecule has 236 valence electrons. The molecule has 0 saturated carbocycles. The smallest absolute Gasteiger partial charge is 0.228 e. The molecule has 5 heterocycles. The Kier molecular flexibility index (Phi) is 7.54. The Morgan fingerprint density at radius 1 is 1.13 bits per heavy atom. The van der Waals surface area contributed by atoms with Gasteiger partial charge in [-0.3, -0.25) is 9.88 Å². The molecule has 46 heavy (non-hydrogen) atoms. The van der Waals surface area contributed by atoms with E-state index in [2.05, 4.69) is 44.0 Å². The van der Waals surface area contributed by atoms with Gasteiger partial charge in [0.2, 0.25) is 5.95 Å². The molecule has 3 aliphatic rings. The molecule has 2 aromatic heterocycles. The average molecular weight is 621 g/mol. The highest BCUT2D eigenvalue weighted by atomic mass is 19.1. The maximum atomic E-state index is 17.1. The van der Waals surface area contributed by atoms with Crippen molar-refractivity contribution >= 4 is 33.4 Å². The van der Waals surface area contributed by atoms with Crippen molar-refractivity contribution in [1.29, 1.82) is 5.26 Å². The van der Waals surface area contributed by atoms with Gasteiger partial charge in [0, 0.05) is 62.0 Å². The van der Waals surface area contributed by atoms with E-state index in [1.54, 1.807) is 32.2 Å². The van der Waals surface area contributed by atoms with E-state index in [4.69, 9.17) is 16.4 Å². The van der Waals surface area contributed by atoms with Crippen LogP contribution in [-0.4, -0.2) is 78.3 Å². The predicted octanol–water partition coefficient (Wildman–Crippen LogP) is 5.38. The zero-order chi connectivity index (χ0) is 32.3. The van der Waals surface area contributed by atoms with Crippen LogP contribution in [0.3, 0.4) is 0 Å². The number of aromatic nitrogens is 3. The Balaban J connectivity index is 1.45. The van der Waals surface area contributed by atoms with Crippen molar-refractivity contribution < 1.29 is 8.78 Å². The number of nitriles is 1. The third-order valence-electron chi connectivity index (χ3n) is 10.3. The van der Waals surface area contributed by atoms with Crippen LogP contribution in [0.2, 0.25) is 0 Å². The summed E-state index contributed by atoms with van der Waals surface area (Å²) in [7, 11) is 4.15. The fraction of sp³-hybridized carbons (Fsp3) is 0.444. The summed E-state index contributed by atoms with van der Waals surface area (Å²) in [5.74, 6) is 2.37. The largest absolute Gasteiger partial charge is 0.357 e. The number of pyridine rings is 1. The first-order chi connectivity index (χ1) is 22.1. The summed E-state index contributed by atoms with van der Waals surface area (Å²) in [5, 5.41) is 15.0. The second kappa shape index (κ2) is 11.5. The molecule has 3 aliphatic heterocycles. The minimum absolute atomic E-state index is 0.00403. The lowest BCUT2D eigenvalue weighted by molar-refractivity contribution is 0.211. The maximum Gasteiger partial charge on any atom is 0.228 e. The number of rotatable bonds is 6. The van der Waals surface area contributed by atoms with Crippen molar-refractivity contribution in [1.82, 2.24) is 25.2 Å². The number of hydrogen-bond acceptors (Lipinski definition) is 8. The molecule has 2 aromatic carbocycles. The standard InChI is InChI=1S/C36H38F2N8/c1-6-26-29(37)12-9-21-14-22(36(2,3)20-39)15-27(30(21)26)32-31(38)33-28(16-41-32)34(44(4)17-23-8-7-13-40-23)43-35(42-33)46-18-24-10-11-25(19-46)45(24)5/h1,9,12,14-16,23-25,40H,7-8,10-11,13,17-19H2,2-5H3/t23-,24?,25?/m1/s1. The van der Waals surface area contributed by atoms with Gasteiger partial charge < -0.3 is 15.1 Å². The van der Waals surface area contributed by atoms with Crippen LogP contribution in [0.5, 0.6) is 0 Å². The molecule has 0 amide bonds. The summed E-state index contributed by atoms with van der Waals surface area (Å²) in [4.78, 5) is 21.3. The van der Waals surface area contributed by atoms with E-state index < -0.39 is 17.0 Å². The number of nitrogens with zero attached hydrogens (tertiary/aromatic N) is 7. The van der Waals surface area contributed by atoms with Gasteiger partial charge in [-0.2, -0.15) is 10.2 Å². The number of benzene rings is 2. The van der Waals surface area contributed by atoms with Gasteiger partial charge in [0.15, 0.2) is 5.82 Å². The molecule has 0 aliphatic carbocycles. The van der Waals surface area contributed by atoms with Crippen LogP contribution in [0.4, 0.5) is 20.5 Å². The fourth-order valence-corrected chi connectivity index (χ4v) is 7.45. The first-order valence-corrected chi connectivity index (χ1v) is 16.0. The molecule has 10 heteroatoms. The number of likely N-dealkylation sites (N-methyl/N-ethyl adjacent to an activating group) is 2. The molecule has 4 aromatic rings. The Hall–Kier alpha value is -4.38. The lowest BCUT2D eigenvalue weighted by atomic mass is 9.82. The Morgan fingerprint density at radius 3 is 2.57 bits per heavy atom. The van der Waals surface area contributed by atoms with Gasteiger partial charge in [0.25, 0.3) is 0 Å². The zero-order valence-corrected chi connectivity index (χ0v) is 26.7. The van der Waals surface area contributed by atoms with Crippen molar-refractivity contribution in [3.8, 4) is 29.7 Å². The van der Waals surface area contributed by atoms with Crippen molar-refractivity contribution in [2.75, 3.05) is 50.1 Å². The first-order valence-electron chi connectivity index (χ1n) is 16.0. The van der Waals surface area contributed by atoms with Gasteiger partial charge in [-0.25, -0.2) is 13.8 Å². The van der Waals surface area contributed by atoms with E-state index >= 15 is 8.78 Å². The number of terminal acetylenes is 1. The van der Waals surface area contributed by atoms with Crippen LogP contribution in [-0.2, 0) is 5.41 Å². The number of nitrogens with one attached hydrogen (secondary N) is 1. The molecule has 2 unspecified atom stereocenters. The topological polar surface area (TPSA) is 84.2 Å². The van der Waals surface area contributed by atoms with Crippen LogP contribution in [0.25, 0.3) is 32.9 Å². The molecule has 3 fully saturated rings. The molecule has 0 spiro atoms. The molecule has 8 nitrogen and oxygen atoms in total. The molecule has 0 radical (unpaired) electrons. The third kappa shape index (κ3) is 5.01. The molecule has 1 N–H and O–H groups in total. The van der Waals surface area contributed by atoms with Gasteiger partial charge >= 0.3 is 0 Å². The van der Waals surface area contributed by atoms with Gasteiger partial charge in [-0.1, -0.05) is 12.0 Å². The normalized spacial score (nSPS) is 21.6. The maximum absolute atomic E-state index is 17.1. The minimum atomic E-state index is -0.902. The summed E-state index contributed by atoms with van der Waals surface area (Å²) in [6.07, 6.45) is 11.8. The van der Waals surface area contributed by atoms with E-state index in [-0.39, 0.29) is 16.8 Å². The second-order valence-electron chi connectivity index (χ2n) is 13.6. The van der Waals surface area contributed by atoms with E-state index in [1.807, 2.05) is 13.1 Å². The highest BCUT2D eigenvalue weighted by Gasteiger charge is 2.39. The van der Waals surface area contributed by atoms with Crippen LogP contribution >= 0.6 is 0 Å². The minimum Gasteiger partial charge on any atom is -0.357 e. The van der Waals surface area contributed by atoms with Crippen molar-refractivity contribution in [2.24, 2.45) is 0 Å². The van der Waals surface area contributed by atoms with Crippen LogP contribution in [0, 0.1) is 35.3 Å². The van der Waals surface area contributed by atoms with Crippen molar-refractivity contribution in [3.05, 3.63) is 53.2 Å². The molecule has 7 rings (SSSR count). The summed E-state index contributed by atoms with van der Waals surface area (Å²) in [5.41, 5.74) is 0.250. The number of anilines is 2. The lowest BCUT2D eigenvalue weighted by Crippen LogP contribution is -2.52. The van der Waals surface area contributed by atoms with E-state index in [9.17, 15) is 5.26 Å². The Morgan fingerprint density at radius 2 is 1.89 bits per heavy atom. The number of piperazine rings is 1. The number of hydrogen-bond donors (Lipinski definition) is 1. The van der Waals surface area contributed by atoms with Gasteiger partial charge in [0.05, 0.1) is 22.4 Å². The van der Waals surface area contributed by atoms with E-state index in [0.717, 1.165) is 45.3 Å². The van der Waals surface area contributed by atoms with Crippen LogP contribution in [0.1, 0.15) is 50.7 Å². The van der Waals surface area contributed by atoms with Gasteiger partial charge in [-0.05, 0) is 82.3 Å². The highest BCUT2D eigenvalue weighted by molar-refractivity contribution is 6.03. The van der Waals surface area contributed by atoms with Crippen LogP contribution < -0.4 is 15.1 Å². The fourth-order valence-electron chi connectivity index (χ4n) is 7.45. The second-order valence-corrected chi connectivity index (χ2v) is 13.6. The monoisotopic (exact) mass is 620 g/mol. The number of fused-ring (bicyclic) bond motifs is 4. The van der Waals surface area contributed by atoms with E-state index in [0.29, 0.717) is 63.7 Å². The molecule has 3 atom stereocenters. The van der Waals surface area contributed by atoms with Crippen LogP contribution in [0.15, 0.2) is 30.5 Å². The zero-order valence-electron chi connectivity index (χ0n) is 26.7. The van der Waals surface area contributed by atoms with E-state index in [1.165, 1.54) is 6.07 Å². The highest BCUT2D eigenvalue weighted by Crippen LogP contribution is 2.40. The summed E-state index contributed by atoms with van der Waals surface area (Å²) in [6.45, 7) is 6.81. The molecule has 3 saturated heterocycles. The average Bonchev–Trinajstić information content (AvgIpc) is 3.62. The SMILES string of the molecule is C#Cc1c(F)ccc2cc(C(C)(C)C#N)cc(-c3ncc4c(N(C)C[C@H]5CCCN5)nc(N5CC6CCC(C5)N6C)nc4c3F)c12. The molecular weight excluding hydrogens is 582 g/mol. The quantitative estimate of drug-likeness (QED) is 0.288. The van der Waals surface area contributed by atoms with Crippen molar-refractivity contribution in [3.63, 3.8) is 0 Å². The molecule has 2 bridgehead atoms. The third-order valence-corrected chi connectivity index (χ3v) is 10.3. The molecular formula is C36H38F2N8. The summed E-state index contributed by atoms with van der Waals surface area (Å²) in [6, 6.07) is 9.87. The number of halogens is 2. The Bertz CT molecular complexity index is 1920. The Labute approximate surface area is 268 Å².